The van der Waals surface area contributed by atoms with Crippen LogP contribution in [0.4, 0.5) is 0 Å². The van der Waals surface area contributed by atoms with Crippen LogP contribution in [0.25, 0.3) is 0 Å². The highest BCUT2D eigenvalue weighted by Crippen LogP contribution is 2.18. The number of ether oxygens (including phenoxy) is 2. The molecule has 1 N–H and O–H groups in total. The standard InChI is InChI=1S/C28H44N2O5/c1-3-5-7-8-9-10-11-13-21-35-26(31)22-25-27(32)29-18-19-30(25)28(33)23-14-16-24(17-15-23)34-20-12-6-4-2/h14-17,25H,3-13,18-22H2,1-2H3,(H,29,32). The highest BCUT2D eigenvalue weighted by molar-refractivity contribution is 5.99. The number of hydrogen-bond donors (Lipinski definition) is 1. The van der Waals surface area contributed by atoms with Gasteiger partial charge in [-0.1, -0.05) is 71.6 Å². The Morgan fingerprint density at radius 3 is 2.17 bits per heavy atom. The number of carbonyl (C=O) groups is 3. The normalized spacial score (nSPS) is 15.5. The zero-order chi connectivity index (χ0) is 25.3. The molecule has 2 rings (SSSR count). The number of nitrogens with zero attached hydrogens (tertiary/aromatic N) is 1. The first-order chi connectivity index (χ1) is 17.1. The van der Waals surface area contributed by atoms with Crippen LogP contribution in [0.1, 0.15) is 101 Å². The smallest absolute Gasteiger partial charge is 0.308 e. The average molecular weight is 489 g/mol. The van der Waals surface area contributed by atoms with Crippen LogP contribution in [0.2, 0.25) is 0 Å². The van der Waals surface area contributed by atoms with Crippen molar-refractivity contribution in [2.45, 2.75) is 96.9 Å². The molecule has 1 heterocycles. The van der Waals surface area contributed by atoms with E-state index in [2.05, 4.69) is 19.2 Å². The highest BCUT2D eigenvalue weighted by atomic mass is 16.5. The molecule has 35 heavy (non-hydrogen) atoms. The van der Waals surface area contributed by atoms with Gasteiger partial charge < -0.3 is 19.7 Å². The van der Waals surface area contributed by atoms with Crippen molar-refractivity contribution in [2.24, 2.45) is 0 Å². The lowest BCUT2D eigenvalue weighted by molar-refractivity contribution is -0.147. The maximum absolute atomic E-state index is 13.1. The quantitative estimate of drug-likeness (QED) is 0.238. The van der Waals surface area contributed by atoms with Crippen LogP contribution in [0.5, 0.6) is 5.75 Å². The van der Waals surface area contributed by atoms with Crippen LogP contribution < -0.4 is 10.1 Å². The molecule has 0 aromatic heterocycles. The predicted molar refractivity (Wildman–Crippen MR) is 137 cm³/mol. The summed E-state index contributed by atoms with van der Waals surface area (Å²) in [5.41, 5.74) is 0.470. The molecule has 0 spiro atoms. The number of unbranched alkanes of at least 4 members (excludes halogenated alkanes) is 9. The highest BCUT2D eigenvalue weighted by Gasteiger charge is 2.35. The average Bonchev–Trinajstić information content (AvgIpc) is 2.87. The Morgan fingerprint density at radius 2 is 1.49 bits per heavy atom. The molecule has 1 aromatic carbocycles. The number of carbonyl (C=O) groups excluding carboxylic acids is 3. The molecule has 7 heteroatoms. The number of benzene rings is 1. The summed E-state index contributed by atoms with van der Waals surface area (Å²) in [7, 11) is 0. The van der Waals surface area contributed by atoms with Gasteiger partial charge in [0.25, 0.3) is 5.91 Å². The van der Waals surface area contributed by atoms with Crippen LogP contribution in [0, 0.1) is 0 Å². The predicted octanol–water partition coefficient (Wildman–Crippen LogP) is 5.27. The van der Waals surface area contributed by atoms with E-state index >= 15 is 0 Å². The van der Waals surface area contributed by atoms with Gasteiger partial charge in [-0.2, -0.15) is 0 Å². The summed E-state index contributed by atoms with van der Waals surface area (Å²) in [6.07, 6.45) is 12.5. The van der Waals surface area contributed by atoms with Crippen LogP contribution in [0.3, 0.4) is 0 Å². The first-order valence-corrected chi connectivity index (χ1v) is 13.5. The van der Waals surface area contributed by atoms with Crippen molar-refractivity contribution in [1.29, 1.82) is 0 Å². The van der Waals surface area contributed by atoms with E-state index < -0.39 is 12.0 Å². The Kier molecular flexibility index (Phi) is 13.9. The number of rotatable bonds is 17. The van der Waals surface area contributed by atoms with E-state index in [0.29, 0.717) is 31.9 Å². The van der Waals surface area contributed by atoms with Gasteiger partial charge in [0.1, 0.15) is 11.8 Å². The molecule has 7 nitrogen and oxygen atoms in total. The van der Waals surface area contributed by atoms with Crippen LogP contribution in [-0.4, -0.2) is 55.0 Å². The van der Waals surface area contributed by atoms with Crippen LogP contribution in [-0.2, 0) is 14.3 Å². The second kappa shape index (κ2) is 17.0. The third kappa shape index (κ3) is 10.7. The SMILES string of the molecule is CCCCCCCCCCOC(=O)CC1C(=O)NCCN1C(=O)c1ccc(OCCCCC)cc1. The molecule has 1 fully saturated rings. The maximum Gasteiger partial charge on any atom is 0.308 e. The number of amides is 2. The summed E-state index contributed by atoms with van der Waals surface area (Å²) < 4.78 is 11.1. The van der Waals surface area contributed by atoms with Gasteiger partial charge >= 0.3 is 5.97 Å². The monoisotopic (exact) mass is 488 g/mol. The molecule has 1 aromatic rings. The fraction of sp³-hybridized carbons (Fsp3) is 0.679. The van der Waals surface area contributed by atoms with Gasteiger partial charge in [0, 0.05) is 18.7 Å². The van der Waals surface area contributed by atoms with Crippen molar-refractivity contribution in [1.82, 2.24) is 10.2 Å². The first kappa shape index (κ1) is 28.7. The van der Waals surface area contributed by atoms with Gasteiger partial charge in [0.15, 0.2) is 0 Å². The molecule has 0 bridgehead atoms. The molecule has 1 aliphatic rings. The molecule has 1 atom stereocenters. The second-order valence-electron chi connectivity index (χ2n) is 9.28. The Hall–Kier alpha value is -2.57. The summed E-state index contributed by atoms with van der Waals surface area (Å²) in [5, 5.41) is 2.76. The van der Waals surface area contributed by atoms with Gasteiger partial charge in [0.2, 0.25) is 5.91 Å². The lowest BCUT2D eigenvalue weighted by Gasteiger charge is -2.34. The van der Waals surface area contributed by atoms with Gasteiger partial charge in [-0.3, -0.25) is 14.4 Å². The number of hydrogen-bond acceptors (Lipinski definition) is 5. The van der Waals surface area contributed by atoms with E-state index in [4.69, 9.17) is 9.47 Å². The van der Waals surface area contributed by atoms with E-state index in [1.54, 1.807) is 24.3 Å². The molecule has 1 unspecified atom stereocenters. The molecule has 1 saturated heterocycles. The van der Waals surface area contributed by atoms with E-state index in [9.17, 15) is 14.4 Å². The van der Waals surface area contributed by atoms with Crippen molar-refractivity contribution in [3.63, 3.8) is 0 Å². The van der Waals surface area contributed by atoms with Gasteiger partial charge in [-0.25, -0.2) is 0 Å². The molecular formula is C28H44N2O5. The zero-order valence-corrected chi connectivity index (χ0v) is 21.7. The zero-order valence-electron chi connectivity index (χ0n) is 21.7. The molecule has 0 radical (unpaired) electrons. The Balaban J connectivity index is 1.79. The molecular weight excluding hydrogens is 444 g/mol. The first-order valence-electron chi connectivity index (χ1n) is 13.5. The second-order valence-corrected chi connectivity index (χ2v) is 9.28. The number of esters is 1. The fourth-order valence-corrected chi connectivity index (χ4v) is 4.20. The lowest BCUT2D eigenvalue weighted by Crippen LogP contribution is -2.57. The summed E-state index contributed by atoms with van der Waals surface area (Å²) in [5.74, 6) is -0.304. The Bertz CT molecular complexity index is 765. The fourth-order valence-electron chi connectivity index (χ4n) is 4.20. The summed E-state index contributed by atoms with van der Waals surface area (Å²) in [6, 6.07) is 6.11. The van der Waals surface area contributed by atoms with Crippen molar-refractivity contribution in [3.8, 4) is 5.75 Å². The Labute approximate surface area is 210 Å². The van der Waals surface area contributed by atoms with E-state index in [-0.39, 0.29) is 18.2 Å². The largest absolute Gasteiger partial charge is 0.494 e. The third-order valence-corrected chi connectivity index (χ3v) is 6.33. The van der Waals surface area contributed by atoms with E-state index in [1.165, 1.54) is 37.0 Å². The van der Waals surface area contributed by atoms with E-state index in [1.807, 2.05) is 0 Å². The molecule has 2 amide bonds. The number of nitrogens with one attached hydrogen (secondary N) is 1. The van der Waals surface area contributed by atoms with Gasteiger partial charge in [0.05, 0.1) is 19.6 Å². The summed E-state index contributed by atoms with van der Waals surface area (Å²) >= 11 is 0. The van der Waals surface area contributed by atoms with E-state index in [0.717, 1.165) is 44.3 Å². The van der Waals surface area contributed by atoms with Crippen LogP contribution >= 0.6 is 0 Å². The summed E-state index contributed by atoms with van der Waals surface area (Å²) in [6.45, 7) is 6.09. The molecule has 196 valence electrons. The molecule has 0 aliphatic carbocycles. The van der Waals surface area contributed by atoms with Crippen molar-refractivity contribution in [3.05, 3.63) is 29.8 Å². The Morgan fingerprint density at radius 1 is 0.886 bits per heavy atom. The van der Waals surface area contributed by atoms with Gasteiger partial charge in [-0.15, -0.1) is 0 Å². The minimum atomic E-state index is -0.854. The minimum Gasteiger partial charge on any atom is -0.494 e. The lowest BCUT2D eigenvalue weighted by atomic mass is 10.1. The topological polar surface area (TPSA) is 84.9 Å². The maximum atomic E-state index is 13.1. The molecule has 1 aliphatic heterocycles. The van der Waals surface area contributed by atoms with Crippen molar-refractivity contribution >= 4 is 17.8 Å². The van der Waals surface area contributed by atoms with Crippen LogP contribution in [0.15, 0.2) is 24.3 Å². The number of piperazine rings is 1. The van der Waals surface area contributed by atoms with Crippen molar-refractivity contribution in [2.75, 3.05) is 26.3 Å². The summed E-state index contributed by atoms with van der Waals surface area (Å²) in [4.78, 5) is 39.5. The third-order valence-electron chi connectivity index (χ3n) is 6.33. The molecule has 0 saturated carbocycles. The minimum absolute atomic E-state index is 0.132. The van der Waals surface area contributed by atoms with Crippen molar-refractivity contribution < 1.29 is 23.9 Å². The van der Waals surface area contributed by atoms with Gasteiger partial charge in [-0.05, 0) is 37.1 Å².